The van der Waals surface area contributed by atoms with Crippen LogP contribution in [-0.4, -0.2) is 16.8 Å². The number of benzene rings is 1. The lowest BCUT2D eigenvalue weighted by atomic mass is 10.3. The van der Waals surface area contributed by atoms with Crippen molar-refractivity contribution in [2.45, 2.75) is 13.3 Å². The van der Waals surface area contributed by atoms with E-state index in [2.05, 4.69) is 10.2 Å². The van der Waals surface area contributed by atoms with Crippen molar-refractivity contribution in [2.75, 3.05) is 6.61 Å². The molecule has 0 saturated heterocycles. The molecule has 1 aromatic heterocycles. The van der Waals surface area contributed by atoms with Crippen LogP contribution in [0.15, 0.2) is 30.3 Å². The minimum absolute atomic E-state index is 0.577. The van der Waals surface area contributed by atoms with Gasteiger partial charge in [-0.15, -0.1) is 0 Å². The summed E-state index contributed by atoms with van der Waals surface area (Å²) in [7, 11) is 0. The average molecular weight is 237 g/mol. The summed E-state index contributed by atoms with van der Waals surface area (Å²) in [6, 6.07) is 9.47. The van der Waals surface area contributed by atoms with Gasteiger partial charge in [0.15, 0.2) is 0 Å². The molecule has 0 saturated carbocycles. The molecule has 4 heteroatoms. The summed E-state index contributed by atoms with van der Waals surface area (Å²) in [5.74, 6) is 0.719. The number of halogens is 1. The second-order valence-corrected chi connectivity index (χ2v) is 3.98. The maximum absolute atomic E-state index is 5.96. The SMILES string of the molecule is Cc1cc(CCOc2ccccc2Cl)n[nH]1. The van der Waals surface area contributed by atoms with Crippen molar-refractivity contribution in [3.63, 3.8) is 0 Å². The quantitative estimate of drug-likeness (QED) is 0.886. The van der Waals surface area contributed by atoms with Crippen LogP contribution in [0.4, 0.5) is 0 Å². The maximum atomic E-state index is 5.96. The number of hydrogen-bond donors (Lipinski definition) is 1. The summed E-state index contributed by atoms with van der Waals surface area (Å²) >= 11 is 5.96. The molecule has 0 amide bonds. The molecule has 2 aromatic rings. The van der Waals surface area contributed by atoms with Crippen molar-refractivity contribution in [2.24, 2.45) is 0 Å². The van der Waals surface area contributed by atoms with E-state index >= 15 is 0 Å². The van der Waals surface area contributed by atoms with Crippen molar-refractivity contribution in [3.8, 4) is 5.75 Å². The number of rotatable bonds is 4. The van der Waals surface area contributed by atoms with Gasteiger partial charge in [-0.25, -0.2) is 0 Å². The number of nitrogens with one attached hydrogen (secondary N) is 1. The van der Waals surface area contributed by atoms with Crippen LogP contribution < -0.4 is 4.74 Å². The van der Waals surface area contributed by atoms with Crippen LogP contribution in [0.2, 0.25) is 5.02 Å². The third-order valence-corrected chi connectivity index (χ3v) is 2.52. The zero-order valence-electron chi connectivity index (χ0n) is 9.03. The lowest BCUT2D eigenvalue weighted by Gasteiger charge is -2.06. The number of nitrogens with zero attached hydrogens (tertiary/aromatic N) is 1. The Morgan fingerprint density at radius 2 is 2.19 bits per heavy atom. The highest BCUT2D eigenvalue weighted by molar-refractivity contribution is 6.32. The van der Waals surface area contributed by atoms with Crippen LogP contribution in [-0.2, 0) is 6.42 Å². The normalized spacial score (nSPS) is 10.4. The maximum Gasteiger partial charge on any atom is 0.137 e. The predicted octanol–water partition coefficient (Wildman–Crippen LogP) is 2.99. The first-order chi connectivity index (χ1) is 7.75. The van der Waals surface area contributed by atoms with Crippen molar-refractivity contribution >= 4 is 11.6 Å². The van der Waals surface area contributed by atoms with Gasteiger partial charge in [0.05, 0.1) is 17.3 Å². The number of aromatic amines is 1. The van der Waals surface area contributed by atoms with E-state index in [4.69, 9.17) is 16.3 Å². The molecule has 84 valence electrons. The monoisotopic (exact) mass is 236 g/mol. The number of aromatic nitrogens is 2. The molecule has 1 N–H and O–H groups in total. The Hall–Kier alpha value is -1.48. The molecule has 3 nitrogen and oxygen atoms in total. The standard InChI is InChI=1S/C12H13ClN2O/c1-9-8-10(15-14-9)6-7-16-12-5-3-2-4-11(12)13/h2-5,8H,6-7H2,1H3,(H,14,15). The fourth-order valence-corrected chi connectivity index (χ4v) is 1.62. The van der Waals surface area contributed by atoms with Crippen molar-refractivity contribution in [1.82, 2.24) is 10.2 Å². The first kappa shape index (κ1) is 11.0. The Morgan fingerprint density at radius 1 is 1.38 bits per heavy atom. The number of H-pyrrole nitrogens is 1. The van der Waals surface area contributed by atoms with E-state index in [1.807, 2.05) is 37.3 Å². The van der Waals surface area contributed by atoms with E-state index in [0.717, 1.165) is 23.6 Å². The van der Waals surface area contributed by atoms with Gasteiger partial charge in [-0.05, 0) is 25.1 Å². The third-order valence-electron chi connectivity index (χ3n) is 2.21. The second kappa shape index (κ2) is 5.03. The first-order valence-corrected chi connectivity index (χ1v) is 5.52. The zero-order chi connectivity index (χ0) is 11.4. The molecule has 0 aliphatic rings. The lowest BCUT2D eigenvalue weighted by molar-refractivity contribution is 0.320. The number of ether oxygens (including phenoxy) is 1. The van der Waals surface area contributed by atoms with E-state index < -0.39 is 0 Å². The van der Waals surface area contributed by atoms with Crippen molar-refractivity contribution in [1.29, 1.82) is 0 Å². The number of hydrogen-bond acceptors (Lipinski definition) is 2. The van der Waals surface area contributed by atoms with E-state index in [1.165, 1.54) is 0 Å². The highest BCUT2D eigenvalue weighted by atomic mass is 35.5. The summed E-state index contributed by atoms with van der Waals surface area (Å²) in [6.07, 6.45) is 0.773. The molecular formula is C12H13ClN2O. The molecule has 0 aliphatic carbocycles. The smallest absolute Gasteiger partial charge is 0.137 e. The average Bonchev–Trinajstić information content (AvgIpc) is 2.67. The van der Waals surface area contributed by atoms with Gasteiger partial charge in [0, 0.05) is 12.1 Å². The summed E-state index contributed by atoms with van der Waals surface area (Å²) < 4.78 is 5.56. The van der Waals surface area contributed by atoms with Crippen LogP contribution in [0.5, 0.6) is 5.75 Å². The van der Waals surface area contributed by atoms with Gasteiger partial charge in [0.1, 0.15) is 5.75 Å². The molecule has 16 heavy (non-hydrogen) atoms. The Kier molecular flexibility index (Phi) is 3.47. The summed E-state index contributed by atoms with van der Waals surface area (Å²) in [5, 5.41) is 7.67. The van der Waals surface area contributed by atoms with Gasteiger partial charge in [0.25, 0.3) is 0 Å². The Labute approximate surface area is 99.4 Å². The first-order valence-electron chi connectivity index (χ1n) is 5.14. The molecular weight excluding hydrogens is 224 g/mol. The Bertz CT molecular complexity index is 468. The summed E-state index contributed by atoms with van der Waals surface area (Å²) in [4.78, 5) is 0. The molecule has 0 atom stereocenters. The van der Waals surface area contributed by atoms with E-state index in [9.17, 15) is 0 Å². The molecule has 2 rings (SSSR count). The third kappa shape index (κ3) is 2.76. The molecule has 1 heterocycles. The topological polar surface area (TPSA) is 37.9 Å². The summed E-state index contributed by atoms with van der Waals surface area (Å²) in [5.41, 5.74) is 2.07. The van der Waals surface area contributed by atoms with Gasteiger partial charge in [-0.1, -0.05) is 23.7 Å². The minimum Gasteiger partial charge on any atom is -0.492 e. The van der Waals surface area contributed by atoms with Crippen LogP contribution >= 0.6 is 11.6 Å². The Morgan fingerprint density at radius 3 is 2.88 bits per heavy atom. The number of aryl methyl sites for hydroxylation is 1. The van der Waals surface area contributed by atoms with Gasteiger partial charge in [-0.2, -0.15) is 5.10 Å². The molecule has 0 aliphatic heterocycles. The largest absolute Gasteiger partial charge is 0.492 e. The molecule has 0 radical (unpaired) electrons. The molecule has 1 aromatic carbocycles. The molecule has 0 bridgehead atoms. The molecule has 0 spiro atoms. The Balaban J connectivity index is 1.87. The fraction of sp³-hybridized carbons (Fsp3) is 0.250. The van der Waals surface area contributed by atoms with E-state index in [-0.39, 0.29) is 0 Å². The van der Waals surface area contributed by atoms with Crippen LogP contribution in [0, 0.1) is 6.92 Å². The van der Waals surface area contributed by atoms with Crippen molar-refractivity contribution < 1.29 is 4.74 Å². The highest BCUT2D eigenvalue weighted by Crippen LogP contribution is 2.23. The van der Waals surface area contributed by atoms with Crippen LogP contribution in [0.25, 0.3) is 0 Å². The zero-order valence-corrected chi connectivity index (χ0v) is 9.79. The minimum atomic E-state index is 0.577. The molecule has 0 fully saturated rings. The van der Waals surface area contributed by atoms with E-state index in [0.29, 0.717) is 11.6 Å². The van der Waals surface area contributed by atoms with Crippen LogP contribution in [0.3, 0.4) is 0 Å². The van der Waals surface area contributed by atoms with E-state index in [1.54, 1.807) is 0 Å². The van der Waals surface area contributed by atoms with Gasteiger partial charge in [-0.3, -0.25) is 5.10 Å². The lowest BCUT2D eigenvalue weighted by Crippen LogP contribution is -2.01. The summed E-state index contributed by atoms with van der Waals surface area (Å²) in [6.45, 7) is 2.56. The van der Waals surface area contributed by atoms with Gasteiger partial charge in [0.2, 0.25) is 0 Å². The highest BCUT2D eigenvalue weighted by Gasteiger charge is 2.01. The predicted molar refractivity (Wildman–Crippen MR) is 64.0 cm³/mol. The molecule has 0 unspecified atom stereocenters. The van der Waals surface area contributed by atoms with Gasteiger partial charge >= 0.3 is 0 Å². The van der Waals surface area contributed by atoms with Crippen LogP contribution in [0.1, 0.15) is 11.4 Å². The van der Waals surface area contributed by atoms with Crippen molar-refractivity contribution in [3.05, 3.63) is 46.7 Å². The second-order valence-electron chi connectivity index (χ2n) is 3.57. The number of para-hydroxylation sites is 1. The van der Waals surface area contributed by atoms with Gasteiger partial charge < -0.3 is 4.74 Å². The fourth-order valence-electron chi connectivity index (χ4n) is 1.43.